The van der Waals surface area contributed by atoms with Gasteiger partial charge in [-0.05, 0) is 37.0 Å². The maximum atomic E-state index is 13.3. The highest BCUT2D eigenvalue weighted by Gasteiger charge is 2.13. The molecule has 1 heterocycles. The van der Waals surface area contributed by atoms with E-state index in [1.54, 1.807) is 6.08 Å². The Hall–Kier alpha value is -2.24. The molecule has 6 heteroatoms. The maximum Gasteiger partial charge on any atom is 0.243 e. The number of amides is 2. The molecule has 0 radical (unpaired) electrons. The van der Waals surface area contributed by atoms with E-state index in [1.165, 1.54) is 18.2 Å². The summed E-state index contributed by atoms with van der Waals surface area (Å²) >= 11 is 0. The molecule has 0 saturated heterocycles. The predicted octanol–water partition coefficient (Wildman–Crippen LogP) is 2.24. The molecule has 124 valence electrons. The molecule has 1 aromatic carbocycles. The maximum absolute atomic E-state index is 13.3. The number of carbonyl (C=O) groups excluding carboxylic acids is 2. The van der Waals surface area contributed by atoms with Crippen LogP contribution in [-0.4, -0.2) is 24.4 Å². The van der Waals surface area contributed by atoms with Crippen molar-refractivity contribution in [3.05, 3.63) is 47.5 Å². The van der Waals surface area contributed by atoms with Gasteiger partial charge in [-0.2, -0.15) is 0 Å². The van der Waals surface area contributed by atoms with E-state index >= 15 is 0 Å². The molecule has 0 saturated carbocycles. The predicted molar refractivity (Wildman–Crippen MR) is 82.6 cm³/mol. The smallest absolute Gasteiger partial charge is 0.243 e. The van der Waals surface area contributed by atoms with Crippen LogP contribution >= 0.6 is 0 Å². The Kier molecular flexibility index (Phi) is 6.26. The summed E-state index contributed by atoms with van der Waals surface area (Å²) in [5, 5.41) is 5.55. The zero-order valence-electron chi connectivity index (χ0n) is 12.8. The van der Waals surface area contributed by atoms with Gasteiger partial charge in [0.1, 0.15) is 11.6 Å². The lowest BCUT2D eigenvalue weighted by atomic mass is 10.0. The van der Waals surface area contributed by atoms with Gasteiger partial charge in [0.25, 0.3) is 0 Å². The van der Waals surface area contributed by atoms with E-state index in [0.717, 1.165) is 25.3 Å². The zero-order chi connectivity index (χ0) is 16.7. The third-order valence-electron chi connectivity index (χ3n) is 3.58. The van der Waals surface area contributed by atoms with Crippen molar-refractivity contribution in [3.8, 4) is 0 Å². The summed E-state index contributed by atoms with van der Waals surface area (Å²) < 4.78 is 26.5. The number of hydrogen-bond acceptors (Lipinski definition) is 2. The highest BCUT2D eigenvalue weighted by Crippen LogP contribution is 2.11. The van der Waals surface area contributed by atoms with Gasteiger partial charge in [0.15, 0.2) is 0 Å². The van der Waals surface area contributed by atoms with Crippen LogP contribution in [0.2, 0.25) is 0 Å². The van der Waals surface area contributed by atoms with Crippen LogP contribution in [0.25, 0.3) is 0 Å². The van der Waals surface area contributed by atoms with Gasteiger partial charge in [-0.15, -0.1) is 0 Å². The van der Waals surface area contributed by atoms with Gasteiger partial charge >= 0.3 is 0 Å². The average molecular weight is 322 g/mol. The van der Waals surface area contributed by atoms with E-state index in [2.05, 4.69) is 10.6 Å². The second kappa shape index (κ2) is 8.41. The summed E-state index contributed by atoms with van der Waals surface area (Å²) in [6, 6.07) is 2.75. The van der Waals surface area contributed by atoms with Crippen LogP contribution in [0.4, 0.5) is 8.78 Å². The third kappa shape index (κ3) is 6.18. The van der Waals surface area contributed by atoms with Gasteiger partial charge in [0, 0.05) is 25.1 Å². The molecule has 1 aliphatic rings. The molecule has 1 aromatic rings. The Morgan fingerprint density at radius 1 is 1.04 bits per heavy atom. The number of carbonyl (C=O) groups is 2. The first kappa shape index (κ1) is 17.1. The molecular weight excluding hydrogens is 302 g/mol. The Bertz CT molecular complexity index is 582. The summed E-state index contributed by atoms with van der Waals surface area (Å²) in [5.41, 5.74) is 0.421. The van der Waals surface area contributed by atoms with E-state index < -0.39 is 17.7 Å². The first-order valence-corrected chi connectivity index (χ1v) is 7.73. The fourth-order valence-electron chi connectivity index (χ4n) is 2.49. The first-order valence-electron chi connectivity index (χ1n) is 7.73. The topological polar surface area (TPSA) is 58.2 Å². The van der Waals surface area contributed by atoms with Gasteiger partial charge < -0.3 is 10.6 Å². The fourth-order valence-corrected chi connectivity index (χ4v) is 2.49. The van der Waals surface area contributed by atoms with Crippen molar-refractivity contribution in [2.45, 2.75) is 38.1 Å². The van der Waals surface area contributed by atoms with Gasteiger partial charge in [-0.3, -0.25) is 9.59 Å². The summed E-state index contributed by atoms with van der Waals surface area (Å²) in [6.45, 7) is 0.574. The fraction of sp³-hybridized carbons (Fsp3) is 0.412. The number of halogens is 2. The standard InChI is InChI=1S/C17H20F2N2O2/c18-13-8-12(9-14(19)11-13)10-15-5-6-16(22)20-7-3-1-2-4-17(23)21-15/h5-6,8-9,11,15H,1-4,7,10H2,(H,20,22)(H,21,23)/b6-5+/t15-/m1/s1. The molecule has 4 nitrogen and oxygen atoms in total. The Morgan fingerprint density at radius 2 is 1.78 bits per heavy atom. The summed E-state index contributed by atoms with van der Waals surface area (Å²) in [6.07, 6.45) is 5.95. The third-order valence-corrected chi connectivity index (χ3v) is 3.58. The molecule has 0 unspecified atom stereocenters. The van der Waals surface area contributed by atoms with Crippen molar-refractivity contribution >= 4 is 11.8 Å². The van der Waals surface area contributed by atoms with Crippen LogP contribution in [0.15, 0.2) is 30.4 Å². The van der Waals surface area contributed by atoms with Crippen LogP contribution in [0, 0.1) is 11.6 Å². The lowest BCUT2D eigenvalue weighted by molar-refractivity contribution is -0.122. The lowest BCUT2D eigenvalue weighted by Gasteiger charge is -2.16. The Morgan fingerprint density at radius 3 is 2.52 bits per heavy atom. The van der Waals surface area contributed by atoms with Crippen LogP contribution in [0.1, 0.15) is 31.2 Å². The number of nitrogens with one attached hydrogen (secondary N) is 2. The van der Waals surface area contributed by atoms with E-state index in [0.29, 0.717) is 18.5 Å². The minimum absolute atomic E-state index is 0.127. The molecule has 0 aromatic heterocycles. The number of benzene rings is 1. The van der Waals surface area contributed by atoms with Gasteiger partial charge in [-0.1, -0.05) is 12.5 Å². The van der Waals surface area contributed by atoms with Crippen LogP contribution in [0.3, 0.4) is 0 Å². The molecule has 2 amide bonds. The largest absolute Gasteiger partial charge is 0.353 e. The highest BCUT2D eigenvalue weighted by atomic mass is 19.1. The second-order valence-electron chi connectivity index (χ2n) is 5.62. The van der Waals surface area contributed by atoms with Gasteiger partial charge in [0.2, 0.25) is 11.8 Å². The minimum Gasteiger partial charge on any atom is -0.353 e. The van der Waals surface area contributed by atoms with E-state index in [9.17, 15) is 18.4 Å². The van der Waals surface area contributed by atoms with Crippen LogP contribution in [0.5, 0.6) is 0 Å². The summed E-state index contributed by atoms with van der Waals surface area (Å²) in [7, 11) is 0. The van der Waals surface area contributed by atoms with E-state index in [4.69, 9.17) is 0 Å². The molecular formula is C17H20F2N2O2. The highest BCUT2D eigenvalue weighted by molar-refractivity contribution is 5.87. The van der Waals surface area contributed by atoms with Crippen LogP contribution in [-0.2, 0) is 16.0 Å². The van der Waals surface area contributed by atoms with Crippen molar-refractivity contribution in [2.24, 2.45) is 0 Å². The van der Waals surface area contributed by atoms with Crippen molar-refractivity contribution in [3.63, 3.8) is 0 Å². The quantitative estimate of drug-likeness (QED) is 0.877. The van der Waals surface area contributed by atoms with Crippen molar-refractivity contribution in [1.82, 2.24) is 10.6 Å². The van der Waals surface area contributed by atoms with Crippen molar-refractivity contribution < 1.29 is 18.4 Å². The molecule has 2 N–H and O–H groups in total. The van der Waals surface area contributed by atoms with Crippen molar-refractivity contribution in [1.29, 1.82) is 0 Å². The molecule has 1 atom stereocenters. The van der Waals surface area contributed by atoms with E-state index in [-0.39, 0.29) is 18.2 Å². The minimum atomic E-state index is -0.666. The van der Waals surface area contributed by atoms with Gasteiger partial charge in [0.05, 0.1) is 6.04 Å². The molecule has 1 aliphatic heterocycles. The number of hydrogen-bond donors (Lipinski definition) is 2. The summed E-state index contributed by atoms with van der Waals surface area (Å²) in [5.74, 6) is -1.70. The first-order chi connectivity index (χ1) is 11.0. The Labute approximate surface area is 134 Å². The van der Waals surface area contributed by atoms with Crippen molar-refractivity contribution in [2.75, 3.05) is 6.54 Å². The molecule has 0 bridgehead atoms. The molecule has 23 heavy (non-hydrogen) atoms. The lowest BCUT2D eigenvalue weighted by Crippen LogP contribution is -2.35. The molecule has 0 fully saturated rings. The molecule has 0 spiro atoms. The monoisotopic (exact) mass is 322 g/mol. The van der Waals surface area contributed by atoms with Crippen LogP contribution < -0.4 is 10.6 Å². The average Bonchev–Trinajstić information content (AvgIpc) is 2.46. The SMILES string of the molecule is O=C1/C=C/[C@H](Cc2cc(F)cc(F)c2)NC(=O)CCCCCN1. The normalized spacial score (nSPS) is 21.6. The molecule has 0 aliphatic carbocycles. The van der Waals surface area contributed by atoms with Gasteiger partial charge in [-0.25, -0.2) is 8.78 Å². The zero-order valence-corrected chi connectivity index (χ0v) is 12.8. The summed E-state index contributed by atoms with van der Waals surface area (Å²) in [4.78, 5) is 23.6. The molecule has 2 rings (SSSR count). The Balaban J connectivity index is 2.12. The van der Waals surface area contributed by atoms with E-state index in [1.807, 2.05) is 0 Å². The number of rotatable bonds is 2. The second-order valence-corrected chi connectivity index (χ2v) is 5.62.